The molecule has 2 nitrogen and oxygen atoms in total. The summed E-state index contributed by atoms with van der Waals surface area (Å²) in [6.45, 7) is 5.52. The summed E-state index contributed by atoms with van der Waals surface area (Å²) >= 11 is 7.55. The van der Waals surface area contributed by atoms with Crippen LogP contribution in [-0.2, 0) is 0 Å². The van der Waals surface area contributed by atoms with Crippen LogP contribution >= 0.6 is 23.4 Å². The summed E-state index contributed by atoms with van der Waals surface area (Å²) in [4.78, 5) is 4.25. The fourth-order valence-electron chi connectivity index (χ4n) is 1.28. The number of aromatic nitrogens is 1. The summed E-state index contributed by atoms with van der Waals surface area (Å²) in [5.41, 5.74) is 0. The van der Waals surface area contributed by atoms with E-state index in [1.165, 1.54) is 6.42 Å². The first kappa shape index (κ1) is 13.8. The number of nitrogens with zero attached hydrogens (tertiary/aromatic N) is 1. The molecule has 0 aromatic carbocycles. The van der Waals surface area contributed by atoms with Crippen molar-refractivity contribution in [2.24, 2.45) is 0 Å². The lowest BCUT2D eigenvalue weighted by molar-refractivity contribution is 0.536. The summed E-state index contributed by atoms with van der Waals surface area (Å²) in [7, 11) is 0. The molecule has 90 valence electrons. The molecule has 1 rings (SSSR count). The number of rotatable bonds is 7. The number of halogens is 1. The van der Waals surface area contributed by atoms with Crippen molar-refractivity contribution in [2.45, 2.75) is 37.8 Å². The second-order valence-corrected chi connectivity index (χ2v) is 5.36. The highest BCUT2D eigenvalue weighted by molar-refractivity contribution is 7.99. The summed E-state index contributed by atoms with van der Waals surface area (Å²) < 4.78 is 0. The van der Waals surface area contributed by atoms with E-state index in [0.717, 1.165) is 23.7 Å². The zero-order valence-electron chi connectivity index (χ0n) is 9.87. The zero-order valence-corrected chi connectivity index (χ0v) is 11.4. The van der Waals surface area contributed by atoms with Gasteiger partial charge in [-0.2, -0.15) is 0 Å². The molecule has 4 heteroatoms. The van der Waals surface area contributed by atoms with Gasteiger partial charge in [0.1, 0.15) is 0 Å². The Labute approximate surface area is 107 Å². The molecule has 0 saturated carbocycles. The Morgan fingerprint density at radius 1 is 1.50 bits per heavy atom. The van der Waals surface area contributed by atoms with Crippen LogP contribution in [0.3, 0.4) is 0 Å². The molecule has 1 aromatic rings. The van der Waals surface area contributed by atoms with Crippen LogP contribution in [0.5, 0.6) is 0 Å². The molecule has 1 heterocycles. The van der Waals surface area contributed by atoms with Gasteiger partial charge in [-0.15, -0.1) is 11.8 Å². The smallest absolute Gasteiger partial charge is 0.0960 e. The third kappa shape index (κ3) is 5.73. The molecule has 0 aliphatic heterocycles. The first-order valence-corrected chi connectivity index (χ1v) is 7.06. The standard InChI is InChI=1S/C12H19ClN2S/c1-3-7-14-10(2)6-8-16-12-5-4-11(13)9-15-12/h4-5,9-10,14H,3,6-8H2,1-2H3. The fourth-order valence-corrected chi connectivity index (χ4v) is 2.36. The topological polar surface area (TPSA) is 24.9 Å². The third-order valence-electron chi connectivity index (χ3n) is 2.24. The number of hydrogen-bond acceptors (Lipinski definition) is 3. The van der Waals surface area contributed by atoms with Crippen molar-refractivity contribution >= 4 is 23.4 Å². The summed E-state index contributed by atoms with van der Waals surface area (Å²) in [5.74, 6) is 1.09. The molecule has 0 amide bonds. The Morgan fingerprint density at radius 2 is 2.31 bits per heavy atom. The maximum Gasteiger partial charge on any atom is 0.0960 e. The van der Waals surface area contributed by atoms with Gasteiger partial charge >= 0.3 is 0 Å². The normalized spacial score (nSPS) is 12.7. The van der Waals surface area contributed by atoms with Crippen LogP contribution in [0.15, 0.2) is 23.4 Å². The van der Waals surface area contributed by atoms with Gasteiger partial charge in [0.15, 0.2) is 0 Å². The fraction of sp³-hybridized carbons (Fsp3) is 0.583. The van der Waals surface area contributed by atoms with Gasteiger partial charge in [-0.3, -0.25) is 0 Å². The number of thioether (sulfide) groups is 1. The van der Waals surface area contributed by atoms with Gasteiger partial charge in [0.25, 0.3) is 0 Å². The third-order valence-corrected chi connectivity index (χ3v) is 3.44. The molecule has 0 bridgehead atoms. The van der Waals surface area contributed by atoms with Gasteiger partial charge in [-0.1, -0.05) is 18.5 Å². The summed E-state index contributed by atoms with van der Waals surface area (Å²) in [6, 6.07) is 4.44. The predicted molar refractivity (Wildman–Crippen MR) is 72.3 cm³/mol. The Hall–Kier alpha value is -0.250. The van der Waals surface area contributed by atoms with Gasteiger partial charge in [-0.25, -0.2) is 4.98 Å². The first-order chi connectivity index (χ1) is 7.72. The maximum absolute atomic E-state index is 5.77. The average molecular weight is 259 g/mol. The molecule has 0 saturated heterocycles. The van der Waals surface area contributed by atoms with Crippen molar-refractivity contribution < 1.29 is 0 Å². The molecular formula is C12H19ClN2S. The molecular weight excluding hydrogens is 240 g/mol. The van der Waals surface area contributed by atoms with E-state index in [-0.39, 0.29) is 0 Å². The van der Waals surface area contributed by atoms with Gasteiger partial charge in [0.2, 0.25) is 0 Å². The van der Waals surface area contributed by atoms with Crippen LogP contribution in [0.25, 0.3) is 0 Å². The molecule has 0 radical (unpaired) electrons. The van der Waals surface area contributed by atoms with Crippen LogP contribution < -0.4 is 5.32 Å². The highest BCUT2D eigenvalue weighted by Crippen LogP contribution is 2.18. The van der Waals surface area contributed by atoms with Gasteiger partial charge in [0, 0.05) is 18.0 Å². The minimum atomic E-state index is 0.583. The molecule has 1 N–H and O–H groups in total. The van der Waals surface area contributed by atoms with E-state index in [2.05, 4.69) is 24.1 Å². The highest BCUT2D eigenvalue weighted by Gasteiger charge is 2.01. The molecule has 0 spiro atoms. The molecule has 1 aromatic heterocycles. The van der Waals surface area contributed by atoms with Crippen molar-refractivity contribution in [3.8, 4) is 0 Å². The molecule has 0 fully saturated rings. The Morgan fingerprint density at radius 3 is 2.94 bits per heavy atom. The highest BCUT2D eigenvalue weighted by atomic mass is 35.5. The van der Waals surface area contributed by atoms with E-state index in [1.807, 2.05) is 12.1 Å². The van der Waals surface area contributed by atoms with Crippen LogP contribution in [0.4, 0.5) is 0 Å². The van der Waals surface area contributed by atoms with Gasteiger partial charge in [0.05, 0.1) is 10.0 Å². The van der Waals surface area contributed by atoms with E-state index in [0.29, 0.717) is 11.1 Å². The second-order valence-electron chi connectivity index (χ2n) is 3.81. The van der Waals surface area contributed by atoms with E-state index in [4.69, 9.17) is 11.6 Å². The van der Waals surface area contributed by atoms with Crippen LogP contribution in [-0.4, -0.2) is 23.3 Å². The Bertz CT molecular complexity index is 290. The SMILES string of the molecule is CCCNC(C)CCSc1ccc(Cl)cn1. The second kappa shape index (κ2) is 7.93. The lowest BCUT2D eigenvalue weighted by Gasteiger charge is -2.12. The quantitative estimate of drug-likeness (QED) is 0.757. The van der Waals surface area contributed by atoms with Crippen molar-refractivity contribution in [3.63, 3.8) is 0 Å². The lowest BCUT2D eigenvalue weighted by atomic mass is 10.2. The summed E-state index contributed by atoms with van der Waals surface area (Å²) in [6.07, 6.45) is 4.05. The van der Waals surface area contributed by atoms with Crippen LogP contribution in [0.1, 0.15) is 26.7 Å². The first-order valence-electron chi connectivity index (χ1n) is 5.70. The molecule has 1 unspecified atom stereocenters. The summed E-state index contributed by atoms with van der Waals surface area (Å²) in [5, 5.41) is 5.22. The van der Waals surface area contributed by atoms with Crippen molar-refractivity contribution in [1.29, 1.82) is 0 Å². The Balaban J connectivity index is 2.17. The lowest BCUT2D eigenvalue weighted by Crippen LogP contribution is -2.27. The predicted octanol–water partition coefficient (Wildman–Crippen LogP) is 3.61. The number of hydrogen-bond donors (Lipinski definition) is 1. The monoisotopic (exact) mass is 258 g/mol. The van der Waals surface area contributed by atoms with E-state index >= 15 is 0 Å². The van der Waals surface area contributed by atoms with E-state index in [1.54, 1.807) is 18.0 Å². The minimum absolute atomic E-state index is 0.583. The molecule has 0 aliphatic carbocycles. The number of pyridine rings is 1. The zero-order chi connectivity index (χ0) is 11.8. The minimum Gasteiger partial charge on any atom is -0.314 e. The number of nitrogens with one attached hydrogen (secondary N) is 1. The molecule has 16 heavy (non-hydrogen) atoms. The molecule has 0 aliphatic rings. The largest absolute Gasteiger partial charge is 0.314 e. The van der Waals surface area contributed by atoms with Crippen molar-refractivity contribution in [2.75, 3.05) is 12.3 Å². The van der Waals surface area contributed by atoms with Crippen molar-refractivity contribution in [1.82, 2.24) is 10.3 Å². The van der Waals surface area contributed by atoms with Crippen molar-refractivity contribution in [3.05, 3.63) is 23.4 Å². The van der Waals surface area contributed by atoms with E-state index < -0.39 is 0 Å². The van der Waals surface area contributed by atoms with Crippen LogP contribution in [0.2, 0.25) is 5.02 Å². The van der Waals surface area contributed by atoms with E-state index in [9.17, 15) is 0 Å². The average Bonchev–Trinajstić information content (AvgIpc) is 2.29. The van der Waals surface area contributed by atoms with Gasteiger partial charge < -0.3 is 5.32 Å². The Kier molecular flexibility index (Phi) is 6.85. The molecule has 1 atom stereocenters. The van der Waals surface area contributed by atoms with Gasteiger partial charge in [-0.05, 0) is 38.4 Å². The van der Waals surface area contributed by atoms with Crippen LogP contribution in [0, 0.1) is 0 Å². The maximum atomic E-state index is 5.77.